The third kappa shape index (κ3) is 3.56. The minimum atomic E-state index is -0.381. The van der Waals surface area contributed by atoms with Crippen LogP contribution in [0.15, 0.2) is 47.7 Å². The molecule has 6 nitrogen and oxygen atoms in total. The zero-order valence-corrected chi connectivity index (χ0v) is 11.7. The molecule has 0 radical (unpaired) electrons. The highest BCUT2D eigenvalue weighted by molar-refractivity contribution is 5.93. The van der Waals surface area contributed by atoms with E-state index < -0.39 is 0 Å². The van der Waals surface area contributed by atoms with Crippen molar-refractivity contribution in [3.8, 4) is 11.5 Å². The van der Waals surface area contributed by atoms with Crippen LogP contribution in [0.3, 0.4) is 0 Å². The molecule has 0 aliphatic rings. The molecule has 0 bridgehead atoms. The highest BCUT2D eigenvalue weighted by atomic mass is 16.5. The van der Waals surface area contributed by atoms with E-state index in [0.717, 1.165) is 0 Å². The van der Waals surface area contributed by atoms with E-state index in [9.17, 15) is 4.79 Å². The third-order valence-corrected chi connectivity index (χ3v) is 2.70. The summed E-state index contributed by atoms with van der Waals surface area (Å²) in [6.45, 7) is 0. The van der Waals surface area contributed by atoms with Crippen molar-refractivity contribution in [2.24, 2.45) is 5.10 Å². The summed E-state index contributed by atoms with van der Waals surface area (Å²) in [7, 11) is 3.10. The van der Waals surface area contributed by atoms with Gasteiger partial charge in [-0.15, -0.1) is 0 Å². The van der Waals surface area contributed by atoms with Gasteiger partial charge in [0.25, 0.3) is 5.91 Å². The molecule has 0 fully saturated rings. The number of nitrogens with one attached hydrogen (secondary N) is 1. The maximum atomic E-state index is 11.8. The van der Waals surface area contributed by atoms with E-state index in [1.165, 1.54) is 6.21 Å². The van der Waals surface area contributed by atoms with Crippen molar-refractivity contribution in [3.63, 3.8) is 0 Å². The number of carbonyl (C=O) groups is 1. The summed E-state index contributed by atoms with van der Waals surface area (Å²) in [6.07, 6.45) is 3.03. The van der Waals surface area contributed by atoms with Gasteiger partial charge in [0.15, 0.2) is 11.5 Å². The van der Waals surface area contributed by atoms with Crippen molar-refractivity contribution < 1.29 is 14.3 Å². The van der Waals surface area contributed by atoms with Crippen LogP contribution < -0.4 is 14.9 Å². The molecule has 0 spiro atoms. The SMILES string of the molecule is COc1cccc(/C=N\NC(=O)c2ccccn2)c1OC. The van der Waals surface area contributed by atoms with E-state index in [-0.39, 0.29) is 5.91 Å². The number of amides is 1. The number of para-hydroxylation sites is 1. The van der Waals surface area contributed by atoms with Crippen molar-refractivity contribution in [1.82, 2.24) is 10.4 Å². The molecule has 1 heterocycles. The minimum Gasteiger partial charge on any atom is -0.493 e. The number of methoxy groups -OCH3 is 2. The van der Waals surface area contributed by atoms with Crippen molar-refractivity contribution in [2.75, 3.05) is 14.2 Å². The topological polar surface area (TPSA) is 72.8 Å². The van der Waals surface area contributed by atoms with Crippen LogP contribution in [-0.2, 0) is 0 Å². The summed E-state index contributed by atoms with van der Waals surface area (Å²) in [6, 6.07) is 10.5. The molecule has 1 aromatic carbocycles. The fourth-order valence-electron chi connectivity index (χ4n) is 1.73. The largest absolute Gasteiger partial charge is 0.493 e. The number of hydrogen-bond acceptors (Lipinski definition) is 5. The van der Waals surface area contributed by atoms with Gasteiger partial charge in [-0.1, -0.05) is 12.1 Å². The lowest BCUT2D eigenvalue weighted by molar-refractivity contribution is 0.0950. The van der Waals surface area contributed by atoms with Crippen molar-refractivity contribution >= 4 is 12.1 Å². The Bertz CT molecular complexity index is 642. The average Bonchev–Trinajstić information content (AvgIpc) is 2.55. The fourth-order valence-corrected chi connectivity index (χ4v) is 1.73. The summed E-state index contributed by atoms with van der Waals surface area (Å²) >= 11 is 0. The van der Waals surface area contributed by atoms with E-state index in [2.05, 4.69) is 15.5 Å². The number of hydrazone groups is 1. The van der Waals surface area contributed by atoms with E-state index in [4.69, 9.17) is 9.47 Å². The van der Waals surface area contributed by atoms with Crippen LogP contribution in [-0.4, -0.2) is 31.3 Å². The van der Waals surface area contributed by atoms with Gasteiger partial charge in [0, 0.05) is 11.8 Å². The van der Waals surface area contributed by atoms with Gasteiger partial charge in [-0.05, 0) is 24.3 Å². The Morgan fingerprint density at radius 3 is 2.71 bits per heavy atom. The number of benzene rings is 1. The van der Waals surface area contributed by atoms with Crippen LogP contribution in [0, 0.1) is 0 Å². The Kier molecular flexibility index (Phi) is 4.87. The second-order valence-corrected chi connectivity index (χ2v) is 4.00. The first-order chi connectivity index (χ1) is 10.3. The van der Waals surface area contributed by atoms with E-state index >= 15 is 0 Å². The molecule has 0 aliphatic carbocycles. The zero-order chi connectivity index (χ0) is 15.1. The molecule has 1 amide bonds. The predicted octanol–water partition coefficient (Wildman–Crippen LogP) is 1.86. The van der Waals surface area contributed by atoms with Crippen molar-refractivity contribution in [3.05, 3.63) is 53.9 Å². The van der Waals surface area contributed by atoms with Gasteiger partial charge in [-0.3, -0.25) is 9.78 Å². The highest BCUT2D eigenvalue weighted by Crippen LogP contribution is 2.29. The number of pyridine rings is 1. The van der Waals surface area contributed by atoms with Crippen LogP contribution in [0.25, 0.3) is 0 Å². The summed E-state index contributed by atoms with van der Waals surface area (Å²) in [5.74, 6) is 0.766. The lowest BCUT2D eigenvalue weighted by atomic mass is 10.2. The first-order valence-corrected chi connectivity index (χ1v) is 6.21. The molecule has 0 saturated heterocycles. The molecule has 0 unspecified atom stereocenters. The van der Waals surface area contributed by atoms with Gasteiger partial charge in [0.2, 0.25) is 0 Å². The number of carbonyl (C=O) groups excluding carboxylic acids is 1. The molecule has 1 N–H and O–H groups in total. The van der Waals surface area contributed by atoms with E-state index in [1.54, 1.807) is 50.7 Å². The zero-order valence-electron chi connectivity index (χ0n) is 11.7. The molecule has 2 rings (SSSR count). The molecular weight excluding hydrogens is 270 g/mol. The maximum Gasteiger partial charge on any atom is 0.289 e. The Hall–Kier alpha value is -2.89. The standard InChI is InChI=1S/C15H15N3O3/c1-20-13-8-5-6-11(14(13)21-2)10-17-18-15(19)12-7-3-4-9-16-12/h3-10H,1-2H3,(H,18,19)/b17-10-. The Morgan fingerprint density at radius 2 is 2.05 bits per heavy atom. The van der Waals surface area contributed by atoms with Crippen molar-refractivity contribution in [1.29, 1.82) is 0 Å². The Balaban J connectivity index is 2.10. The summed E-state index contributed by atoms with van der Waals surface area (Å²) in [4.78, 5) is 15.7. The summed E-state index contributed by atoms with van der Waals surface area (Å²) < 4.78 is 10.5. The molecule has 21 heavy (non-hydrogen) atoms. The second-order valence-electron chi connectivity index (χ2n) is 4.00. The van der Waals surface area contributed by atoms with Gasteiger partial charge in [-0.2, -0.15) is 5.10 Å². The van der Waals surface area contributed by atoms with Gasteiger partial charge in [0.05, 0.1) is 20.4 Å². The minimum absolute atomic E-state index is 0.298. The molecule has 0 aliphatic heterocycles. The third-order valence-electron chi connectivity index (χ3n) is 2.70. The van der Waals surface area contributed by atoms with Gasteiger partial charge >= 0.3 is 0 Å². The Morgan fingerprint density at radius 1 is 1.19 bits per heavy atom. The lowest BCUT2D eigenvalue weighted by Gasteiger charge is -2.09. The van der Waals surface area contributed by atoms with Gasteiger partial charge in [0.1, 0.15) is 5.69 Å². The number of hydrogen-bond donors (Lipinski definition) is 1. The number of ether oxygens (including phenoxy) is 2. The molecular formula is C15H15N3O3. The molecule has 0 saturated carbocycles. The molecule has 6 heteroatoms. The van der Waals surface area contributed by atoms with Crippen LogP contribution in [0.2, 0.25) is 0 Å². The first kappa shape index (κ1) is 14.5. The summed E-state index contributed by atoms with van der Waals surface area (Å²) in [5.41, 5.74) is 3.40. The Labute approximate surface area is 122 Å². The van der Waals surface area contributed by atoms with Crippen LogP contribution >= 0.6 is 0 Å². The fraction of sp³-hybridized carbons (Fsp3) is 0.133. The molecule has 1 aromatic heterocycles. The normalized spacial score (nSPS) is 10.4. The van der Waals surface area contributed by atoms with Crippen LogP contribution in [0.1, 0.15) is 16.1 Å². The first-order valence-electron chi connectivity index (χ1n) is 6.21. The van der Waals surface area contributed by atoms with Gasteiger partial charge in [-0.25, -0.2) is 5.43 Å². The number of rotatable bonds is 5. The molecule has 2 aromatic rings. The van der Waals surface area contributed by atoms with Gasteiger partial charge < -0.3 is 9.47 Å². The molecule has 108 valence electrons. The van der Waals surface area contributed by atoms with Crippen LogP contribution in [0.5, 0.6) is 11.5 Å². The lowest BCUT2D eigenvalue weighted by Crippen LogP contribution is -2.18. The summed E-state index contributed by atoms with van der Waals surface area (Å²) in [5, 5.41) is 3.90. The number of aromatic nitrogens is 1. The second kappa shape index (κ2) is 7.04. The smallest absolute Gasteiger partial charge is 0.289 e. The number of nitrogens with zero attached hydrogens (tertiary/aromatic N) is 2. The van der Waals surface area contributed by atoms with E-state index in [1.807, 2.05) is 6.07 Å². The maximum absolute atomic E-state index is 11.8. The monoisotopic (exact) mass is 285 g/mol. The quantitative estimate of drug-likeness (QED) is 0.672. The van der Waals surface area contributed by atoms with E-state index in [0.29, 0.717) is 22.8 Å². The molecule has 0 atom stereocenters. The predicted molar refractivity (Wildman–Crippen MR) is 78.8 cm³/mol. The highest BCUT2D eigenvalue weighted by Gasteiger charge is 2.08. The average molecular weight is 285 g/mol. The van der Waals surface area contributed by atoms with Crippen molar-refractivity contribution in [2.45, 2.75) is 0 Å². The van der Waals surface area contributed by atoms with Crippen LogP contribution in [0.4, 0.5) is 0 Å².